The lowest BCUT2D eigenvalue weighted by Crippen LogP contribution is -2.27. The summed E-state index contributed by atoms with van der Waals surface area (Å²) in [5.74, 6) is -1.01. The average molecular weight is 315 g/mol. The van der Waals surface area contributed by atoms with Crippen LogP contribution in [0.3, 0.4) is 0 Å². The van der Waals surface area contributed by atoms with Crippen molar-refractivity contribution in [3.8, 4) is 0 Å². The Bertz CT molecular complexity index is 772. The molecule has 0 saturated heterocycles. The van der Waals surface area contributed by atoms with E-state index in [1.165, 1.54) is 6.20 Å². The van der Waals surface area contributed by atoms with Crippen molar-refractivity contribution in [3.05, 3.63) is 41.9 Å². The molecule has 2 aromatic rings. The predicted octanol–water partition coefficient (Wildman–Crippen LogP) is 2.31. The SMILES string of the molecule is CCn1cc(S(=O)(=O)N(C)c2cc(F)ccc2F)nc1C. The zero-order valence-electron chi connectivity index (χ0n) is 11.8. The summed E-state index contributed by atoms with van der Waals surface area (Å²) in [6, 6.07) is 2.64. The lowest BCUT2D eigenvalue weighted by molar-refractivity contribution is 0.582. The highest BCUT2D eigenvalue weighted by Gasteiger charge is 2.27. The Morgan fingerprint density at radius 1 is 1.33 bits per heavy atom. The van der Waals surface area contributed by atoms with Gasteiger partial charge in [0, 0.05) is 25.9 Å². The van der Waals surface area contributed by atoms with Crippen molar-refractivity contribution in [2.75, 3.05) is 11.4 Å². The fourth-order valence-electron chi connectivity index (χ4n) is 1.92. The van der Waals surface area contributed by atoms with E-state index in [1.807, 2.05) is 6.92 Å². The van der Waals surface area contributed by atoms with Crippen LogP contribution in [0.5, 0.6) is 0 Å². The number of aromatic nitrogens is 2. The normalized spacial score (nSPS) is 11.7. The summed E-state index contributed by atoms with van der Waals surface area (Å²) in [5, 5.41) is -0.201. The first-order valence-electron chi connectivity index (χ1n) is 6.25. The molecule has 0 radical (unpaired) electrons. The van der Waals surface area contributed by atoms with Crippen molar-refractivity contribution in [2.24, 2.45) is 0 Å². The highest BCUT2D eigenvalue weighted by atomic mass is 32.2. The third-order valence-electron chi connectivity index (χ3n) is 3.17. The summed E-state index contributed by atoms with van der Waals surface area (Å²) < 4.78 is 54.2. The quantitative estimate of drug-likeness (QED) is 0.870. The molecule has 0 atom stereocenters. The third kappa shape index (κ3) is 2.76. The monoisotopic (exact) mass is 315 g/mol. The van der Waals surface area contributed by atoms with E-state index in [1.54, 1.807) is 11.5 Å². The van der Waals surface area contributed by atoms with Gasteiger partial charge in [-0.25, -0.2) is 13.8 Å². The lowest BCUT2D eigenvalue weighted by atomic mass is 10.3. The van der Waals surface area contributed by atoms with Crippen LogP contribution in [0.1, 0.15) is 12.7 Å². The van der Waals surface area contributed by atoms with E-state index < -0.39 is 21.7 Å². The maximum absolute atomic E-state index is 13.7. The van der Waals surface area contributed by atoms with Gasteiger partial charge in [0.05, 0.1) is 5.69 Å². The van der Waals surface area contributed by atoms with Gasteiger partial charge in [0.2, 0.25) is 0 Å². The van der Waals surface area contributed by atoms with Gasteiger partial charge >= 0.3 is 0 Å². The van der Waals surface area contributed by atoms with Gasteiger partial charge in [-0.15, -0.1) is 0 Å². The van der Waals surface area contributed by atoms with Gasteiger partial charge in [-0.1, -0.05) is 0 Å². The minimum atomic E-state index is -4.05. The molecule has 0 unspecified atom stereocenters. The molecular weight excluding hydrogens is 300 g/mol. The molecule has 0 N–H and O–H groups in total. The van der Waals surface area contributed by atoms with E-state index in [4.69, 9.17) is 0 Å². The average Bonchev–Trinajstić information content (AvgIpc) is 2.82. The van der Waals surface area contributed by atoms with Gasteiger partial charge in [0.25, 0.3) is 10.0 Å². The fourth-order valence-corrected chi connectivity index (χ4v) is 3.11. The standard InChI is InChI=1S/C13H15F2N3O2S/c1-4-18-8-13(16-9(18)2)21(19,20)17(3)12-7-10(14)5-6-11(12)15/h5-8H,4H2,1-3H3. The summed E-state index contributed by atoms with van der Waals surface area (Å²) in [6.07, 6.45) is 1.37. The highest BCUT2D eigenvalue weighted by Crippen LogP contribution is 2.25. The van der Waals surface area contributed by atoms with Crippen molar-refractivity contribution < 1.29 is 17.2 Å². The molecule has 2 rings (SSSR count). The first-order valence-corrected chi connectivity index (χ1v) is 7.69. The molecule has 8 heteroatoms. The number of hydrogen-bond acceptors (Lipinski definition) is 3. The number of rotatable bonds is 4. The summed E-state index contributed by atoms with van der Waals surface area (Å²) >= 11 is 0. The molecule has 0 aliphatic rings. The molecule has 0 aliphatic heterocycles. The van der Waals surface area contributed by atoms with Crippen LogP contribution >= 0.6 is 0 Å². The Morgan fingerprint density at radius 3 is 2.57 bits per heavy atom. The molecule has 1 aromatic carbocycles. The fraction of sp³-hybridized carbons (Fsp3) is 0.308. The van der Waals surface area contributed by atoms with Crippen molar-refractivity contribution in [2.45, 2.75) is 25.4 Å². The molecule has 5 nitrogen and oxygen atoms in total. The number of imidazole rings is 1. The van der Waals surface area contributed by atoms with Crippen molar-refractivity contribution in [1.82, 2.24) is 9.55 Å². The molecule has 1 heterocycles. The van der Waals surface area contributed by atoms with Crippen molar-refractivity contribution in [3.63, 3.8) is 0 Å². The number of halogens is 2. The van der Waals surface area contributed by atoms with Crippen LogP contribution in [0.2, 0.25) is 0 Å². The van der Waals surface area contributed by atoms with Crippen LogP contribution in [0.4, 0.5) is 14.5 Å². The van der Waals surface area contributed by atoms with E-state index in [0.29, 0.717) is 16.7 Å². The van der Waals surface area contributed by atoms with E-state index in [0.717, 1.165) is 25.2 Å². The number of benzene rings is 1. The van der Waals surface area contributed by atoms with Crippen LogP contribution in [0.15, 0.2) is 29.4 Å². The Balaban J connectivity index is 2.49. The third-order valence-corrected chi connectivity index (χ3v) is 4.81. The highest BCUT2D eigenvalue weighted by molar-refractivity contribution is 7.92. The molecule has 114 valence electrons. The Labute approximate surface area is 121 Å². The molecule has 0 spiro atoms. The van der Waals surface area contributed by atoms with Crippen LogP contribution in [0, 0.1) is 18.6 Å². The maximum atomic E-state index is 13.7. The van der Waals surface area contributed by atoms with Crippen LogP contribution in [-0.4, -0.2) is 25.0 Å². The van der Waals surface area contributed by atoms with Gasteiger partial charge in [-0.3, -0.25) is 4.31 Å². The number of sulfonamides is 1. The van der Waals surface area contributed by atoms with Crippen LogP contribution in [-0.2, 0) is 16.6 Å². The molecule has 0 saturated carbocycles. The summed E-state index contributed by atoms with van der Waals surface area (Å²) in [6.45, 7) is 4.08. The summed E-state index contributed by atoms with van der Waals surface area (Å²) in [7, 11) is -2.89. The second-order valence-corrected chi connectivity index (χ2v) is 6.40. The van der Waals surface area contributed by atoms with Crippen LogP contribution < -0.4 is 4.31 Å². The zero-order chi connectivity index (χ0) is 15.8. The van der Waals surface area contributed by atoms with E-state index >= 15 is 0 Å². The second kappa shape index (κ2) is 5.44. The first-order chi connectivity index (χ1) is 9.77. The molecule has 21 heavy (non-hydrogen) atoms. The Morgan fingerprint density at radius 2 is 2.00 bits per heavy atom. The van der Waals surface area contributed by atoms with Gasteiger partial charge in [0.1, 0.15) is 17.5 Å². The molecule has 0 bridgehead atoms. The minimum Gasteiger partial charge on any atom is -0.334 e. The van der Waals surface area contributed by atoms with E-state index in [9.17, 15) is 17.2 Å². The summed E-state index contributed by atoms with van der Waals surface area (Å²) in [4.78, 5) is 3.97. The molecule has 1 aromatic heterocycles. The number of aryl methyl sites for hydroxylation is 2. The smallest absolute Gasteiger partial charge is 0.283 e. The van der Waals surface area contributed by atoms with Gasteiger partial charge < -0.3 is 4.57 Å². The minimum absolute atomic E-state index is 0.201. The van der Waals surface area contributed by atoms with Gasteiger partial charge in [-0.05, 0) is 26.0 Å². The zero-order valence-corrected chi connectivity index (χ0v) is 12.7. The van der Waals surface area contributed by atoms with E-state index in [-0.39, 0.29) is 10.7 Å². The Hall–Kier alpha value is -1.96. The van der Waals surface area contributed by atoms with Crippen LogP contribution in [0.25, 0.3) is 0 Å². The lowest BCUT2D eigenvalue weighted by Gasteiger charge is -2.18. The first kappa shape index (κ1) is 15.4. The van der Waals surface area contributed by atoms with E-state index in [2.05, 4.69) is 4.98 Å². The second-order valence-electron chi connectivity index (χ2n) is 4.48. The van der Waals surface area contributed by atoms with Gasteiger partial charge in [0.15, 0.2) is 5.03 Å². The largest absolute Gasteiger partial charge is 0.334 e. The predicted molar refractivity (Wildman–Crippen MR) is 74.6 cm³/mol. The number of nitrogens with zero attached hydrogens (tertiary/aromatic N) is 3. The molecule has 0 fully saturated rings. The molecule has 0 aliphatic carbocycles. The Kier molecular flexibility index (Phi) is 3.99. The van der Waals surface area contributed by atoms with Crippen molar-refractivity contribution in [1.29, 1.82) is 0 Å². The van der Waals surface area contributed by atoms with Crippen molar-refractivity contribution >= 4 is 15.7 Å². The number of anilines is 1. The summed E-state index contributed by atoms with van der Waals surface area (Å²) in [5.41, 5.74) is -0.362. The number of hydrogen-bond donors (Lipinski definition) is 0. The maximum Gasteiger partial charge on any atom is 0.283 e. The molecule has 0 amide bonds. The topological polar surface area (TPSA) is 55.2 Å². The van der Waals surface area contributed by atoms with Gasteiger partial charge in [-0.2, -0.15) is 8.42 Å². The molecular formula is C13H15F2N3O2S.